The molecule has 0 aromatic heterocycles. The Morgan fingerprint density at radius 1 is 1.40 bits per heavy atom. The normalized spacial score (nSPS) is 12.7. The zero-order valence-electron chi connectivity index (χ0n) is 10.2. The molecule has 0 saturated carbocycles. The fourth-order valence-corrected chi connectivity index (χ4v) is 1.59. The van der Waals surface area contributed by atoms with Gasteiger partial charge in [-0.1, -0.05) is 25.9 Å². The van der Waals surface area contributed by atoms with Gasteiger partial charge in [-0.15, -0.1) is 0 Å². The average molecular weight is 215 g/mol. The van der Waals surface area contributed by atoms with E-state index in [2.05, 4.69) is 30.8 Å². The second-order valence-corrected chi connectivity index (χ2v) is 4.34. The molecule has 0 heterocycles. The highest BCUT2D eigenvalue weighted by Crippen LogP contribution is 2.02. The van der Waals surface area contributed by atoms with Gasteiger partial charge in [0.2, 0.25) is 0 Å². The first-order valence-corrected chi connectivity index (χ1v) is 5.78. The van der Waals surface area contributed by atoms with E-state index >= 15 is 0 Å². The molecule has 15 heavy (non-hydrogen) atoms. The van der Waals surface area contributed by atoms with E-state index in [4.69, 9.17) is 10.9 Å². The van der Waals surface area contributed by atoms with Crippen LogP contribution >= 0.6 is 0 Å². The van der Waals surface area contributed by atoms with Crippen molar-refractivity contribution in [1.82, 2.24) is 4.90 Å². The zero-order valence-corrected chi connectivity index (χ0v) is 10.2. The van der Waals surface area contributed by atoms with Gasteiger partial charge in [0.15, 0.2) is 0 Å². The summed E-state index contributed by atoms with van der Waals surface area (Å²) in [6, 6.07) is 0. The Bertz CT molecular complexity index is 181. The maximum absolute atomic E-state index is 8.36. The number of unbranched alkanes of at least 4 members (excludes halogenated alkanes) is 1. The molecular formula is C11H25N3O. The van der Waals surface area contributed by atoms with Gasteiger partial charge in [-0.05, 0) is 31.8 Å². The number of oxime groups is 1. The van der Waals surface area contributed by atoms with Crippen molar-refractivity contribution in [3.8, 4) is 0 Å². The number of hydrogen-bond acceptors (Lipinski definition) is 3. The highest BCUT2D eigenvalue weighted by molar-refractivity contribution is 5.79. The average Bonchev–Trinajstić information content (AvgIpc) is 2.21. The molecule has 4 nitrogen and oxygen atoms in total. The van der Waals surface area contributed by atoms with Crippen LogP contribution < -0.4 is 5.73 Å². The zero-order chi connectivity index (χ0) is 11.7. The van der Waals surface area contributed by atoms with Crippen molar-refractivity contribution in [2.24, 2.45) is 16.8 Å². The molecular weight excluding hydrogens is 190 g/mol. The van der Waals surface area contributed by atoms with Gasteiger partial charge in [-0.25, -0.2) is 0 Å². The molecule has 3 N–H and O–H groups in total. The molecule has 0 aromatic carbocycles. The summed E-state index contributed by atoms with van der Waals surface area (Å²) in [7, 11) is 0. The molecule has 4 heteroatoms. The number of rotatable bonds is 8. The minimum atomic E-state index is 0.335. The maximum Gasteiger partial charge on any atom is 0.139 e. The Labute approximate surface area is 93.1 Å². The van der Waals surface area contributed by atoms with Crippen molar-refractivity contribution in [3.63, 3.8) is 0 Å². The lowest BCUT2D eigenvalue weighted by atomic mass is 10.2. The molecule has 0 amide bonds. The summed E-state index contributed by atoms with van der Waals surface area (Å²) in [5.74, 6) is 1.05. The maximum atomic E-state index is 8.36. The van der Waals surface area contributed by atoms with Crippen LogP contribution in [0.1, 0.15) is 40.0 Å². The summed E-state index contributed by atoms with van der Waals surface area (Å²) in [5, 5.41) is 11.3. The Morgan fingerprint density at radius 3 is 2.53 bits per heavy atom. The van der Waals surface area contributed by atoms with Gasteiger partial charge in [0.25, 0.3) is 0 Å². The first-order valence-electron chi connectivity index (χ1n) is 5.78. The highest BCUT2D eigenvalue weighted by Gasteiger charge is 2.04. The Morgan fingerprint density at radius 2 is 2.07 bits per heavy atom. The lowest BCUT2D eigenvalue weighted by molar-refractivity contribution is 0.252. The van der Waals surface area contributed by atoms with Crippen molar-refractivity contribution in [2.45, 2.75) is 40.0 Å². The van der Waals surface area contributed by atoms with Gasteiger partial charge in [0.05, 0.1) is 0 Å². The van der Waals surface area contributed by atoms with Crippen LogP contribution in [-0.2, 0) is 0 Å². The van der Waals surface area contributed by atoms with Gasteiger partial charge in [0, 0.05) is 13.0 Å². The molecule has 0 bridgehead atoms. The summed E-state index contributed by atoms with van der Waals surface area (Å²) in [5.41, 5.74) is 5.39. The minimum absolute atomic E-state index is 0.335. The quantitative estimate of drug-likeness (QED) is 0.214. The van der Waals surface area contributed by atoms with Crippen molar-refractivity contribution >= 4 is 5.84 Å². The Hall–Kier alpha value is -0.770. The predicted molar refractivity (Wildman–Crippen MR) is 64.2 cm³/mol. The number of nitrogens with zero attached hydrogens (tertiary/aromatic N) is 2. The standard InChI is InChI=1S/C11H25N3O/c1-4-14(9-10(2)3)8-6-5-7-11(12)13-15/h10,15H,4-9H2,1-3H3,(H2,12,13). The highest BCUT2D eigenvalue weighted by atomic mass is 16.4. The van der Waals surface area contributed by atoms with Crippen LogP contribution in [0.4, 0.5) is 0 Å². The van der Waals surface area contributed by atoms with Gasteiger partial charge < -0.3 is 15.8 Å². The molecule has 90 valence electrons. The second-order valence-electron chi connectivity index (χ2n) is 4.34. The van der Waals surface area contributed by atoms with E-state index in [1.807, 2.05) is 0 Å². The lowest BCUT2D eigenvalue weighted by Gasteiger charge is -2.22. The van der Waals surface area contributed by atoms with Gasteiger partial charge in [-0.2, -0.15) is 0 Å². The number of hydrogen-bond donors (Lipinski definition) is 2. The van der Waals surface area contributed by atoms with E-state index in [9.17, 15) is 0 Å². The lowest BCUT2D eigenvalue weighted by Crippen LogP contribution is -2.28. The van der Waals surface area contributed by atoms with E-state index in [0.717, 1.165) is 32.5 Å². The van der Waals surface area contributed by atoms with Gasteiger partial charge in [0.1, 0.15) is 5.84 Å². The monoisotopic (exact) mass is 215 g/mol. The van der Waals surface area contributed by atoms with Crippen LogP contribution in [0.5, 0.6) is 0 Å². The summed E-state index contributed by atoms with van der Waals surface area (Å²) in [4.78, 5) is 2.44. The minimum Gasteiger partial charge on any atom is -0.409 e. The SMILES string of the molecule is CCN(CCCCC(N)=NO)CC(C)C. The Kier molecular flexibility index (Phi) is 8.09. The van der Waals surface area contributed by atoms with E-state index in [-0.39, 0.29) is 0 Å². The van der Waals surface area contributed by atoms with Crippen LogP contribution in [-0.4, -0.2) is 35.6 Å². The Balaban J connectivity index is 3.55. The number of nitrogens with two attached hydrogens (primary N) is 1. The fraction of sp³-hybridized carbons (Fsp3) is 0.909. The van der Waals surface area contributed by atoms with E-state index < -0.39 is 0 Å². The van der Waals surface area contributed by atoms with E-state index in [1.165, 1.54) is 0 Å². The summed E-state index contributed by atoms with van der Waals surface area (Å²) >= 11 is 0. The molecule has 0 unspecified atom stereocenters. The molecule has 0 aromatic rings. The van der Waals surface area contributed by atoms with Crippen LogP contribution in [0.25, 0.3) is 0 Å². The molecule has 0 aliphatic heterocycles. The molecule has 0 aliphatic carbocycles. The largest absolute Gasteiger partial charge is 0.409 e. The van der Waals surface area contributed by atoms with Crippen LogP contribution in [0, 0.1) is 5.92 Å². The van der Waals surface area contributed by atoms with Crippen LogP contribution in [0.2, 0.25) is 0 Å². The molecule has 0 aliphatic rings. The molecule has 0 radical (unpaired) electrons. The van der Waals surface area contributed by atoms with Crippen LogP contribution in [0.15, 0.2) is 5.16 Å². The predicted octanol–water partition coefficient (Wildman–Crippen LogP) is 1.88. The fourth-order valence-electron chi connectivity index (χ4n) is 1.59. The third-order valence-corrected chi connectivity index (χ3v) is 2.36. The van der Waals surface area contributed by atoms with Crippen molar-refractivity contribution in [1.29, 1.82) is 0 Å². The van der Waals surface area contributed by atoms with Crippen molar-refractivity contribution in [2.75, 3.05) is 19.6 Å². The smallest absolute Gasteiger partial charge is 0.139 e. The summed E-state index contributed by atoms with van der Waals surface area (Å²) in [6.45, 7) is 10.0. The molecule has 0 spiro atoms. The van der Waals surface area contributed by atoms with Gasteiger partial charge >= 0.3 is 0 Å². The van der Waals surface area contributed by atoms with Crippen LogP contribution in [0.3, 0.4) is 0 Å². The van der Waals surface area contributed by atoms with Gasteiger partial charge in [-0.3, -0.25) is 0 Å². The van der Waals surface area contributed by atoms with E-state index in [1.54, 1.807) is 0 Å². The third-order valence-electron chi connectivity index (χ3n) is 2.36. The number of amidine groups is 1. The van der Waals surface area contributed by atoms with Crippen molar-refractivity contribution < 1.29 is 5.21 Å². The topological polar surface area (TPSA) is 61.8 Å². The van der Waals surface area contributed by atoms with Crippen molar-refractivity contribution in [3.05, 3.63) is 0 Å². The molecule has 0 fully saturated rings. The first-order chi connectivity index (χ1) is 7.10. The molecule has 0 atom stereocenters. The third kappa shape index (κ3) is 8.24. The first kappa shape index (κ1) is 14.2. The summed E-state index contributed by atoms with van der Waals surface area (Å²) in [6.07, 6.45) is 2.79. The molecule has 0 saturated heterocycles. The summed E-state index contributed by atoms with van der Waals surface area (Å²) < 4.78 is 0. The van der Waals surface area contributed by atoms with E-state index in [0.29, 0.717) is 18.2 Å². The second kappa shape index (κ2) is 8.53. The molecule has 0 rings (SSSR count).